The predicted octanol–water partition coefficient (Wildman–Crippen LogP) is 2.75. The molecule has 0 aliphatic rings. The minimum Gasteiger partial charge on any atom is -0.372 e. The second-order valence-corrected chi connectivity index (χ2v) is 3.60. The highest BCUT2D eigenvalue weighted by atomic mass is 15.2. The maximum atomic E-state index is 4.16. The first-order valence-corrected chi connectivity index (χ1v) is 5.44. The van der Waals surface area contributed by atoms with Gasteiger partial charge in [-0.1, -0.05) is 31.2 Å². The van der Waals surface area contributed by atoms with Crippen molar-refractivity contribution < 1.29 is 0 Å². The van der Waals surface area contributed by atoms with E-state index in [1.54, 1.807) is 0 Å². The Labute approximate surface area is 95.5 Å². The molecule has 1 N–H and O–H groups in total. The molecule has 1 heterocycles. The van der Waals surface area contributed by atoms with Crippen LogP contribution in [0.4, 0.5) is 5.82 Å². The summed E-state index contributed by atoms with van der Waals surface area (Å²) >= 11 is 0. The fourth-order valence-electron chi connectivity index (χ4n) is 1.53. The molecule has 3 nitrogen and oxygen atoms in total. The van der Waals surface area contributed by atoms with Crippen LogP contribution in [0.25, 0.3) is 11.3 Å². The molecule has 0 bridgehead atoms. The van der Waals surface area contributed by atoms with Crippen molar-refractivity contribution in [3.05, 3.63) is 42.0 Å². The lowest BCUT2D eigenvalue weighted by molar-refractivity contribution is 1.04. The third-order valence-electron chi connectivity index (χ3n) is 2.58. The molecule has 0 amide bonds. The second-order valence-electron chi connectivity index (χ2n) is 3.60. The molecular weight excluding hydrogens is 198 g/mol. The third-order valence-corrected chi connectivity index (χ3v) is 2.58. The smallest absolute Gasteiger partial charge is 0.148 e. The zero-order chi connectivity index (χ0) is 11.4. The van der Waals surface area contributed by atoms with Gasteiger partial charge >= 0.3 is 0 Å². The average molecular weight is 213 g/mol. The monoisotopic (exact) mass is 213 g/mol. The van der Waals surface area contributed by atoms with Crippen molar-refractivity contribution >= 4 is 5.82 Å². The fraction of sp³-hybridized carbons (Fsp3) is 0.231. The number of rotatable bonds is 3. The van der Waals surface area contributed by atoms with Crippen molar-refractivity contribution in [3.63, 3.8) is 0 Å². The standard InChI is InChI=1S/C13H15N3/c1-3-10-4-6-11(7-5-10)12-8-9-13(14-2)16-15-12/h4-9H,3H2,1-2H3,(H,14,16). The molecule has 0 radical (unpaired) electrons. The quantitative estimate of drug-likeness (QED) is 0.851. The minimum atomic E-state index is 0.786. The molecule has 0 atom stereocenters. The van der Waals surface area contributed by atoms with Gasteiger partial charge in [0.25, 0.3) is 0 Å². The zero-order valence-corrected chi connectivity index (χ0v) is 9.57. The van der Waals surface area contributed by atoms with Crippen molar-refractivity contribution in [3.8, 4) is 11.3 Å². The zero-order valence-electron chi connectivity index (χ0n) is 9.57. The summed E-state index contributed by atoms with van der Waals surface area (Å²) in [6.07, 6.45) is 1.06. The molecule has 0 unspecified atom stereocenters. The maximum Gasteiger partial charge on any atom is 0.148 e. The summed E-state index contributed by atoms with van der Waals surface area (Å²) in [5, 5.41) is 11.2. The van der Waals surface area contributed by atoms with Gasteiger partial charge in [-0.15, -0.1) is 10.2 Å². The topological polar surface area (TPSA) is 37.8 Å². The Morgan fingerprint density at radius 2 is 1.75 bits per heavy atom. The van der Waals surface area contributed by atoms with Crippen LogP contribution < -0.4 is 5.32 Å². The van der Waals surface area contributed by atoms with Gasteiger partial charge in [0.05, 0.1) is 5.69 Å². The Kier molecular flexibility index (Phi) is 3.15. The van der Waals surface area contributed by atoms with Crippen LogP contribution in [0.1, 0.15) is 12.5 Å². The van der Waals surface area contributed by atoms with E-state index in [0.29, 0.717) is 0 Å². The van der Waals surface area contributed by atoms with E-state index in [1.165, 1.54) is 5.56 Å². The van der Waals surface area contributed by atoms with Gasteiger partial charge in [0.2, 0.25) is 0 Å². The van der Waals surface area contributed by atoms with Crippen LogP contribution in [0.3, 0.4) is 0 Å². The number of anilines is 1. The van der Waals surface area contributed by atoms with Crippen LogP contribution in [0, 0.1) is 0 Å². The van der Waals surface area contributed by atoms with Crippen LogP contribution in [-0.4, -0.2) is 17.2 Å². The largest absolute Gasteiger partial charge is 0.372 e. The molecule has 0 saturated heterocycles. The van der Waals surface area contributed by atoms with Crippen molar-refractivity contribution in [1.82, 2.24) is 10.2 Å². The Balaban J connectivity index is 2.28. The number of nitrogens with zero attached hydrogens (tertiary/aromatic N) is 2. The normalized spacial score (nSPS) is 10.1. The molecule has 1 aromatic carbocycles. The lowest BCUT2D eigenvalue weighted by atomic mass is 10.1. The lowest BCUT2D eigenvalue weighted by Gasteiger charge is -2.02. The van der Waals surface area contributed by atoms with E-state index in [9.17, 15) is 0 Å². The average Bonchev–Trinajstić information content (AvgIpc) is 2.39. The van der Waals surface area contributed by atoms with Gasteiger partial charge in [-0.05, 0) is 24.1 Å². The Bertz CT molecular complexity index is 400. The van der Waals surface area contributed by atoms with Gasteiger partial charge in [0.1, 0.15) is 5.82 Å². The Hall–Kier alpha value is -1.90. The third kappa shape index (κ3) is 2.19. The summed E-state index contributed by atoms with van der Waals surface area (Å²) in [6.45, 7) is 2.15. The van der Waals surface area contributed by atoms with E-state index in [4.69, 9.17) is 0 Å². The molecule has 0 fully saturated rings. The number of aryl methyl sites for hydroxylation is 1. The van der Waals surface area contributed by atoms with E-state index >= 15 is 0 Å². The molecule has 1 aromatic heterocycles. The minimum absolute atomic E-state index is 0.786. The number of nitrogens with one attached hydrogen (secondary N) is 1. The maximum absolute atomic E-state index is 4.16. The number of hydrogen-bond donors (Lipinski definition) is 1. The molecule has 3 heteroatoms. The molecule has 0 aliphatic heterocycles. The molecule has 0 aliphatic carbocycles. The summed E-state index contributed by atoms with van der Waals surface area (Å²) in [6, 6.07) is 12.3. The van der Waals surface area contributed by atoms with E-state index in [2.05, 4.69) is 46.7 Å². The van der Waals surface area contributed by atoms with Gasteiger partial charge in [0.15, 0.2) is 0 Å². The molecule has 2 rings (SSSR count). The van der Waals surface area contributed by atoms with E-state index in [1.807, 2.05) is 19.2 Å². The van der Waals surface area contributed by atoms with Gasteiger partial charge < -0.3 is 5.32 Å². The van der Waals surface area contributed by atoms with E-state index in [0.717, 1.165) is 23.5 Å². The molecule has 16 heavy (non-hydrogen) atoms. The highest BCUT2D eigenvalue weighted by Crippen LogP contribution is 2.17. The Morgan fingerprint density at radius 3 is 2.25 bits per heavy atom. The van der Waals surface area contributed by atoms with Crippen LogP contribution in [0.5, 0.6) is 0 Å². The van der Waals surface area contributed by atoms with Gasteiger partial charge in [0, 0.05) is 12.6 Å². The van der Waals surface area contributed by atoms with Crippen LogP contribution in [0.15, 0.2) is 36.4 Å². The molecule has 0 saturated carbocycles. The number of aromatic nitrogens is 2. The van der Waals surface area contributed by atoms with E-state index < -0.39 is 0 Å². The Morgan fingerprint density at radius 1 is 1.00 bits per heavy atom. The summed E-state index contributed by atoms with van der Waals surface area (Å²) in [5.41, 5.74) is 3.34. The van der Waals surface area contributed by atoms with Crippen molar-refractivity contribution in [1.29, 1.82) is 0 Å². The van der Waals surface area contributed by atoms with Crippen LogP contribution in [0.2, 0.25) is 0 Å². The van der Waals surface area contributed by atoms with Crippen molar-refractivity contribution in [2.45, 2.75) is 13.3 Å². The molecule has 82 valence electrons. The fourth-order valence-corrected chi connectivity index (χ4v) is 1.53. The lowest BCUT2D eigenvalue weighted by Crippen LogP contribution is -1.95. The van der Waals surface area contributed by atoms with Crippen LogP contribution >= 0.6 is 0 Å². The van der Waals surface area contributed by atoms with Crippen LogP contribution in [-0.2, 0) is 6.42 Å². The number of hydrogen-bond acceptors (Lipinski definition) is 3. The molecular formula is C13H15N3. The molecule has 0 spiro atoms. The summed E-state index contributed by atoms with van der Waals surface area (Å²) in [5.74, 6) is 0.786. The highest BCUT2D eigenvalue weighted by Gasteiger charge is 2.00. The SMILES string of the molecule is CCc1ccc(-c2ccc(NC)nn2)cc1. The van der Waals surface area contributed by atoms with Gasteiger partial charge in [-0.25, -0.2) is 0 Å². The molecule has 2 aromatic rings. The van der Waals surface area contributed by atoms with Gasteiger partial charge in [-0.2, -0.15) is 0 Å². The first-order chi connectivity index (χ1) is 7.83. The summed E-state index contributed by atoms with van der Waals surface area (Å²) in [4.78, 5) is 0. The van der Waals surface area contributed by atoms with Gasteiger partial charge in [-0.3, -0.25) is 0 Å². The number of benzene rings is 1. The first-order valence-electron chi connectivity index (χ1n) is 5.44. The predicted molar refractivity (Wildman–Crippen MR) is 66.4 cm³/mol. The summed E-state index contributed by atoms with van der Waals surface area (Å²) in [7, 11) is 1.83. The van der Waals surface area contributed by atoms with E-state index in [-0.39, 0.29) is 0 Å². The summed E-state index contributed by atoms with van der Waals surface area (Å²) < 4.78 is 0. The van der Waals surface area contributed by atoms with Crippen molar-refractivity contribution in [2.24, 2.45) is 0 Å². The second kappa shape index (κ2) is 4.75. The first kappa shape index (κ1) is 10.6. The highest BCUT2D eigenvalue weighted by molar-refractivity contribution is 5.59. The van der Waals surface area contributed by atoms with Crippen molar-refractivity contribution in [2.75, 3.05) is 12.4 Å².